The molecule has 6 nitrogen and oxygen atoms in total. The Balaban J connectivity index is 2.09. The quantitative estimate of drug-likeness (QED) is 0.630. The van der Waals surface area contributed by atoms with E-state index < -0.39 is 6.04 Å². The number of nitrogens with one attached hydrogen (secondary N) is 2. The van der Waals surface area contributed by atoms with Gasteiger partial charge in [0, 0.05) is 17.9 Å². The highest BCUT2D eigenvalue weighted by Crippen LogP contribution is 2.21. The molecule has 2 rings (SSSR count). The molecule has 2 aromatic carbocycles. The van der Waals surface area contributed by atoms with E-state index in [0.29, 0.717) is 17.7 Å². The number of carbonyl (C=O) groups is 3. The van der Waals surface area contributed by atoms with Crippen LogP contribution in [0.5, 0.6) is 0 Å². The van der Waals surface area contributed by atoms with Gasteiger partial charge in [-0.1, -0.05) is 56.3 Å². The molecule has 29 heavy (non-hydrogen) atoms. The summed E-state index contributed by atoms with van der Waals surface area (Å²) in [5, 5.41) is 5.58. The summed E-state index contributed by atoms with van der Waals surface area (Å²) in [6.07, 6.45) is 0.322. The van der Waals surface area contributed by atoms with Crippen LogP contribution >= 0.6 is 15.9 Å². The lowest BCUT2D eigenvalue weighted by Crippen LogP contribution is -2.44. The van der Waals surface area contributed by atoms with E-state index in [-0.39, 0.29) is 30.2 Å². The van der Waals surface area contributed by atoms with E-state index in [1.807, 2.05) is 50.2 Å². The molecular formula is C22H26BrN3O3. The maximum Gasteiger partial charge on any atom is 0.250 e. The number of para-hydroxylation sites is 1. The number of carbonyl (C=O) groups excluding carboxylic acids is 3. The summed E-state index contributed by atoms with van der Waals surface area (Å²) >= 11 is 3.38. The molecule has 0 spiro atoms. The molecule has 1 atom stereocenters. The van der Waals surface area contributed by atoms with Crippen molar-refractivity contribution in [2.75, 3.05) is 18.9 Å². The van der Waals surface area contributed by atoms with Crippen LogP contribution in [-0.2, 0) is 14.4 Å². The van der Waals surface area contributed by atoms with Crippen LogP contribution in [0.3, 0.4) is 0 Å². The lowest BCUT2D eigenvalue weighted by molar-refractivity contribution is -0.137. The number of anilines is 1. The van der Waals surface area contributed by atoms with Gasteiger partial charge in [0.05, 0.1) is 12.2 Å². The lowest BCUT2D eigenvalue weighted by atomic mass is 10.0. The van der Waals surface area contributed by atoms with Gasteiger partial charge < -0.3 is 15.5 Å². The van der Waals surface area contributed by atoms with Crippen molar-refractivity contribution < 1.29 is 14.4 Å². The Labute approximate surface area is 179 Å². The van der Waals surface area contributed by atoms with Gasteiger partial charge >= 0.3 is 0 Å². The number of hydrogen-bond donors (Lipinski definition) is 2. The Morgan fingerprint density at radius 2 is 1.59 bits per heavy atom. The summed E-state index contributed by atoms with van der Waals surface area (Å²) in [7, 11) is 1.55. The van der Waals surface area contributed by atoms with Gasteiger partial charge in [0.2, 0.25) is 17.7 Å². The normalized spacial score (nSPS) is 11.6. The summed E-state index contributed by atoms with van der Waals surface area (Å²) in [5.74, 6) is -0.703. The van der Waals surface area contributed by atoms with Gasteiger partial charge in [0.25, 0.3) is 0 Å². The van der Waals surface area contributed by atoms with Gasteiger partial charge in [-0.2, -0.15) is 0 Å². The van der Waals surface area contributed by atoms with E-state index >= 15 is 0 Å². The van der Waals surface area contributed by atoms with Gasteiger partial charge in [-0.15, -0.1) is 0 Å². The summed E-state index contributed by atoms with van der Waals surface area (Å²) in [6.45, 7) is 3.75. The third kappa shape index (κ3) is 7.02. The van der Waals surface area contributed by atoms with Crippen LogP contribution in [0.25, 0.3) is 0 Å². The average molecular weight is 460 g/mol. The van der Waals surface area contributed by atoms with Crippen LogP contribution < -0.4 is 10.6 Å². The van der Waals surface area contributed by atoms with Crippen molar-refractivity contribution in [1.29, 1.82) is 0 Å². The zero-order valence-electron chi connectivity index (χ0n) is 16.8. The second-order valence-electron chi connectivity index (χ2n) is 7.23. The van der Waals surface area contributed by atoms with E-state index in [1.54, 1.807) is 25.2 Å². The first-order chi connectivity index (χ1) is 13.8. The number of benzene rings is 2. The van der Waals surface area contributed by atoms with Crippen LogP contribution in [0, 0.1) is 5.92 Å². The van der Waals surface area contributed by atoms with Gasteiger partial charge in [-0.25, -0.2) is 0 Å². The van der Waals surface area contributed by atoms with E-state index in [0.717, 1.165) is 4.47 Å². The highest BCUT2D eigenvalue weighted by atomic mass is 79.9. The summed E-state index contributed by atoms with van der Waals surface area (Å²) in [5.41, 5.74) is 1.30. The molecule has 0 aliphatic rings. The third-order valence-electron chi connectivity index (χ3n) is 4.18. The minimum atomic E-state index is -0.844. The molecule has 0 saturated heterocycles. The number of rotatable bonds is 8. The largest absolute Gasteiger partial charge is 0.341 e. The Morgan fingerprint density at radius 1 is 0.966 bits per heavy atom. The smallest absolute Gasteiger partial charge is 0.250 e. The first-order valence-electron chi connectivity index (χ1n) is 9.41. The predicted molar refractivity (Wildman–Crippen MR) is 117 cm³/mol. The third-order valence-corrected chi connectivity index (χ3v) is 4.88. The van der Waals surface area contributed by atoms with Crippen LogP contribution in [0.2, 0.25) is 0 Å². The van der Waals surface area contributed by atoms with Crippen molar-refractivity contribution in [3.05, 3.63) is 64.6 Å². The van der Waals surface area contributed by atoms with E-state index in [9.17, 15) is 14.4 Å². The second-order valence-corrected chi connectivity index (χ2v) is 8.09. The standard InChI is InChI=1S/C22H26BrN3O3/c1-15(2)13-19(27)25-21(16-9-5-4-6-10-16)22(29)26(3)14-20(28)24-18-12-8-7-11-17(18)23/h4-12,15,21H,13-14H2,1-3H3,(H,24,28)(H,25,27). The highest BCUT2D eigenvalue weighted by Gasteiger charge is 2.27. The number of amides is 3. The molecule has 0 heterocycles. The molecule has 1 unspecified atom stereocenters. The SMILES string of the molecule is CC(C)CC(=O)NC(C(=O)N(C)CC(=O)Nc1ccccc1Br)c1ccccc1. The summed E-state index contributed by atoms with van der Waals surface area (Å²) in [4.78, 5) is 39.1. The molecule has 154 valence electrons. The molecule has 0 aromatic heterocycles. The fourth-order valence-corrected chi connectivity index (χ4v) is 3.17. The van der Waals surface area contributed by atoms with E-state index in [2.05, 4.69) is 26.6 Å². The minimum Gasteiger partial charge on any atom is -0.341 e. The molecule has 0 fully saturated rings. The fraction of sp³-hybridized carbons (Fsp3) is 0.318. The van der Waals surface area contributed by atoms with Crippen LogP contribution in [0.15, 0.2) is 59.1 Å². The number of likely N-dealkylation sites (N-methyl/N-ethyl adjacent to an activating group) is 1. The zero-order chi connectivity index (χ0) is 21.4. The number of halogens is 1. The molecule has 3 amide bonds. The number of nitrogens with zero attached hydrogens (tertiary/aromatic N) is 1. The van der Waals surface area contributed by atoms with Crippen molar-refractivity contribution in [3.63, 3.8) is 0 Å². The van der Waals surface area contributed by atoms with Crippen LogP contribution in [-0.4, -0.2) is 36.2 Å². The van der Waals surface area contributed by atoms with Gasteiger partial charge in [-0.05, 0) is 39.5 Å². The second kappa shape index (κ2) is 10.8. The Hall–Kier alpha value is -2.67. The highest BCUT2D eigenvalue weighted by molar-refractivity contribution is 9.10. The topological polar surface area (TPSA) is 78.5 Å². The van der Waals surface area contributed by atoms with Crippen molar-refractivity contribution in [1.82, 2.24) is 10.2 Å². The Bertz CT molecular complexity index is 855. The van der Waals surface area contributed by atoms with Crippen molar-refractivity contribution in [2.45, 2.75) is 26.3 Å². The van der Waals surface area contributed by atoms with Crippen LogP contribution in [0.1, 0.15) is 31.9 Å². The first-order valence-corrected chi connectivity index (χ1v) is 10.2. The van der Waals surface area contributed by atoms with Gasteiger partial charge in [0.1, 0.15) is 6.04 Å². The maximum atomic E-state index is 13.0. The fourth-order valence-electron chi connectivity index (χ4n) is 2.79. The van der Waals surface area contributed by atoms with Crippen LogP contribution in [0.4, 0.5) is 5.69 Å². The van der Waals surface area contributed by atoms with Crippen molar-refractivity contribution in [3.8, 4) is 0 Å². The molecule has 7 heteroatoms. The molecule has 2 N–H and O–H groups in total. The molecule has 0 saturated carbocycles. The monoisotopic (exact) mass is 459 g/mol. The lowest BCUT2D eigenvalue weighted by Gasteiger charge is -2.25. The van der Waals surface area contributed by atoms with E-state index in [4.69, 9.17) is 0 Å². The molecule has 0 aliphatic heterocycles. The minimum absolute atomic E-state index is 0.135. The Morgan fingerprint density at radius 3 is 2.21 bits per heavy atom. The number of hydrogen-bond acceptors (Lipinski definition) is 3. The maximum absolute atomic E-state index is 13.0. The van der Waals surface area contributed by atoms with E-state index in [1.165, 1.54) is 4.90 Å². The molecule has 0 radical (unpaired) electrons. The molecule has 0 bridgehead atoms. The first kappa shape index (κ1) is 22.6. The molecular weight excluding hydrogens is 434 g/mol. The van der Waals surface area contributed by atoms with Crippen molar-refractivity contribution >= 4 is 39.3 Å². The summed E-state index contributed by atoms with van der Waals surface area (Å²) < 4.78 is 0.755. The summed E-state index contributed by atoms with van der Waals surface area (Å²) in [6, 6.07) is 15.4. The molecule has 2 aromatic rings. The van der Waals surface area contributed by atoms with Gasteiger partial charge in [0.15, 0.2) is 0 Å². The molecule has 0 aliphatic carbocycles. The Kier molecular flexibility index (Phi) is 8.39. The predicted octanol–water partition coefficient (Wildman–Crippen LogP) is 3.75. The average Bonchev–Trinajstić information content (AvgIpc) is 2.67. The van der Waals surface area contributed by atoms with Gasteiger partial charge in [-0.3, -0.25) is 14.4 Å². The van der Waals surface area contributed by atoms with Crippen molar-refractivity contribution in [2.24, 2.45) is 5.92 Å². The zero-order valence-corrected chi connectivity index (χ0v) is 18.4.